The summed E-state index contributed by atoms with van der Waals surface area (Å²) in [6, 6.07) is 12.1. The molecule has 3 fully saturated rings. The molecule has 2 aromatic rings. The van der Waals surface area contributed by atoms with E-state index in [4.69, 9.17) is 21.2 Å². The molecule has 7 nitrogen and oxygen atoms in total. The molecule has 1 saturated carbocycles. The van der Waals surface area contributed by atoms with Gasteiger partial charge in [-0.15, -0.1) is 0 Å². The standard InChI is InChI=1S/C25H28ClN3O2.CO2/c1-15-18-12-22-25(10-11-28(22)14-16(18)6-8-21(15)30)19-4-2-3-5-20(19)29(24(25)31)17-7-9-23(26)27-13-17;2-1-3/h2-5,7,9,13,15-16,18,21-22,30H,6,8,10-12,14H2,1H3;/t15-,16+,18-,21+,22+,25+;/m1./s1. The normalized spacial score (nSPS) is 34.0. The quantitative estimate of drug-likeness (QED) is 0.626. The number of piperidine rings is 1. The molecule has 0 radical (unpaired) electrons. The van der Waals surface area contributed by atoms with Crippen LogP contribution in [0.1, 0.15) is 38.2 Å². The van der Waals surface area contributed by atoms with E-state index >= 15 is 0 Å². The first-order valence-electron chi connectivity index (χ1n) is 11.9. The Bertz CT molecular complexity index is 1120. The summed E-state index contributed by atoms with van der Waals surface area (Å²) in [6.45, 7) is 4.21. The Labute approximate surface area is 203 Å². The average molecular weight is 482 g/mol. The third kappa shape index (κ3) is 3.42. The van der Waals surface area contributed by atoms with Gasteiger partial charge in [-0.3, -0.25) is 14.6 Å². The number of carbonyl (C=O) groups excluding carboxylic acids is 3. The molecule has 2 saturated heterocycles. The Morgan fingerprint density at radius 1 is 1.18 bits per heavy atom. The van der Waals surface area contributed by atoms with E-state index in [-0.39, 0.29) is 24.2 Å². The Hall–Kier alpha value is -2.57. The molecule has 1 aromatic carbocycles. The third-order valence-electron chi connectivity index (χ3n) is 8.67. The fourth-order valence-corrected chi connectivity index (χ4v) is 7.19. The molecule has 6 rings (SSSR count). The molecule has 0 bridgehead atoms. The van der Waals surface area contributed by atoms with Crippen molar-refractivity contribution in [3.05, 3.63) is 53.3 Å². The van der Waals surface area contributed by atoms with Gasteiger partial charge in [0.1, 0.15) is 5.15 Å². The smallest absolute Gasteiger partial charge is 0.373 e. The number of anilines is 2. The van der Waals surface area contributed by atoms with E-state index < -0.39 is 5.41 Å². The predicted octanol–water partition coefficient (Wildman–Crippen LogP) is 3.57. The van der Waals surface area contributed by atoms with E-state index in [1.807, 2.05) is 17.0 Å². The number of carbonyl (C=O) groups is 1. The molecule has 0 unspecified atom stereocenters. The summed E-state index contributed by atoms with van der Waals surface area (Å²) in [6.07, 6.45) is 5.56. The average Bonchev–Trinajstić information content (AvgIpc) is 3.33. The summed E-state index contributed by atoms with van der Waals surface area (Å²) in [7, 11) is 0. The first-order valence-corrected chi connectivity index (χ1v) is 12.3. The van der Waals surface area contributed by atoms with E-state index in [1.165, 1.54) is 0 Å². The van der Waals surface area contributed by atoms with Crippen LogP contribution in [0.25, 0.3) is 0 Å². The van der Waals surface area contributed by atoms with Crippen LogP contribution in [0, 0.1) is 17.8 Å². The summed E-state index contributed by atoms with van der Waals surface area (Å²) >= 11 is 6.02. The van der Waals surface area contributed by atoms with Gasteiger partial charge in [-0.05, 0) is 73.7 Å². The lowest BCUT2D eigenvalue weighted by Crippen LogP contribution is -2.56. The third-order valence-corrected chi connectivity index (χ3v) is 8.89. The van der Waals surface area contributed by atoms with Gasteiger partial charge in [-0.1, -0.05) is 36.7 Å². The van der Waals surface area contributed by atoms with Crippen LogP contribution in [0.2, 0.25) is 5.15 Å². The molecule has 8 heteroatoms. The van der Waals surface area contributed by atoms with E-state index in [1.54, 1.807) is 12.3 Å². The molecule has 1 amide bonds. The lowest BCUT2D eigenvalue weighted by atomic mass is 9.62. The van der Waals surface area contributed by atoms with Crippen molar-refractivity contribution in [3.63, 3.8) is 0 Å². The maximum Gasteiger partial charge on any atom is 0.373 e. The topological polar surface area (TPSA) is 90.8 Å². The molecule has 1 aromatic heterocycles. The fourth-order valence-electron chi connectivity index (χ4n) is 7.08. The van der Waals surface area contributed by atoms with Gasteiger partial charge in [0.25, 0.3) is 0 Å². The van der Waals surface area contributed by atoms with Crippen LogP contribution in [0.3, 0.4) is 0 Å². The number of aromatic nitrogens is 1. The molecule has 1 spiro atoms. The van der Waals surface area contributed by atoms with Crippen molar-refractivity contribution < 1.29 is 19.5 Å². The molecule has 4 heterocycles. The van der Waals surface area contributed by atoms with Crippen LogP contribution >= 0.6 is 11.6 Å². The number of hydrogen-bond acceptors (Lipinski definition) is 6. The van der Waals surface area contributed by atoms with Crippen molar-refractivity contribution >= 4 is 35.0 Å². The van der Waals surface area contributed by atoms with Crippen molar-refractivity contribution in [2.45, 2.75) is 50.2 Å². The zero-order valence-electron chi connectivity index (χ0n) is 19.1. The zero-order chi connectivity index (χ0) is 24.0. The Balaban J connectivity index is 0.000000764. The number of benzene rings is 1. The van der Waals surface area contributed by atoms with Crippen LogP contribution in [0.5, 0.6) is 0 Å². The number of aliphatic hydroxyl groups excluding tert-OH is 1. The number of amides is 1. The number of rotatable bonds is 1. The Morgan fingerprint density at radius 2 is 1.94 bits per heavy atom. The minimum Gasteiger partial charge on any atom is -0.393 e. The molecule has 34 heavy (non-hydrogen) atoms. The van der Waals surface area contributed by atoms with E-state index in [9.17, 15) is 9.90 Å². The highest BCUT2D eigenvalue weighted by Crippen LogP contribution is 2.57. The first-order chi connectivity index (χ1) is 16.4. The van der Waals surface area contributed by atoms with Crippen molar-refractivity contribution in [3.8, 4) is 0 Å². The summed E-state index contributed by atoms with van der Waals surface area (Å²) in [5, 5.41) is 11.0. The maximum atomic E-state index is 14.2. The number of aliphatic hydroxyl groups is 1. The van der Waals surface area contributed by atoms with Gasteiger partial charge < -0.3 is 5.11 Å². The Morgan fingerprint density at radius 3 is 2.68 bits per heavy atom. The second-order valence-electron chi connectivity index (χ2n) is 9.98. The molecule has 3 aliphatic heterocycles. The second-order valence-corrected chi connectivity index (χ2v) is 10.4. The second kappa shape index (κ2) is 8.90. The molecular formula is C26H28ClN3O4. The lowest BCUT2D eigenvalue weighted by molar-refractivity contribution is -0.191. The van der Waals surface area contributed by atoms with Gasteiger partial charge in [0.2, 0.25) is 5.91 Å². The van der Waals surface area contributed by atoms with Gasteiger partial charge >= 0.3 is 6.15 Å². The molecule has 6 atom stereocenters. The largest absolute Gasteiger partial charge is 0.393 e. The minimum absolute atomic E-state index is 0.160. The van der Waals surface area contributed by atoms with E-state index in [2.05, 4.69) is 35.0 Å². The van der Waals surface area contributed by atoms with Gasteiger partial charge in [0.15, 0.2) is 0 Å². The van der Waals surface area contributed by atoms with Crippen LogP contribution < -0.4 is 4.90 Å². The van der Waals surface area contributed by atoms with Crippen molar-refractivity contribution in [1.82, 2.24) is 9.88 Å². The summed E-state index contributed by atoms with van der Waals surface area (Å²) in [5.74, 6) is 1.56. The lowest BCUT2D eigenvalue weighted by Gasteiger charge is -2.50. The highest BCUT2D eigenvalue weighted by Gasteiger charge is 2.62. The Kier molecular flexibility index (Phi) is 6.07. The number of fused-ring (bicyclic) bond motifs is 5. The van der Waals surface area contributed by atoms with E-state index in [0.717, 1.165) is 55.7 Å². The first kappa shape index (κ1) is 23.2. The monoisotopic (exact) mass is 481 g/mol. The van der Waals surface area contributed by atoms with Gasteiger partial charge in [-0.25, -0.2) is 4.98 Å². The highest BCUT2D eigenvalue weighted by atomic mass is 35.5. The van der Waals surface area contributed by atoms with Crippen LogP contribution in [-0.2, 0) is 19.8 Å². The number of nitrogens with zero attached hydrogens (tertiary/aromatic N) is 3. The van der Waals surface area contributed by atoms with Crippen LogP contribution in [-0.4, -0.2) is 52.3 Å². The molecule has 178 valence electrons. The van der Waals surface area contributed by atoms with Crippen molar-refractivity contribution in [2.75, 3.05) is 18.0 Å². The molecule has 1 aliphatic carbocycles. The van der Waals surface area contributed by atoms with Gasteiger partial charge in [0, 0.05) is 12.6 Å². The highest BCUT2D eigenvalue weighted by molar-refractivity contribution is 6.29. The van der Waals surface area contributed by atoms with Crippen molar-refractivity contribution in [1.29, 1.82) is 0 Å². The zero-order valence-corrected chi connectivity index (χ0v) is 19.8. The van der Waals surface area contributed by atoms with Gasteiger partial charge in [-0.2, -0.15) is 9.59 Å². The van der Waals surface area contributed by atoms with E-state index in [0.29, 0.717) is 22.9 Å². The summed E-state index contributed by atoms with van der Waals surface area (Å²) in [5.41, 5.74) is 2.36. The van der Waals surface area contributed by atoms with Crippen LogP contribution in [0.15, 0.2) is 42.6 Å². The number of para-hydroxylation sites is 1. The predicted molar refractivity (Wildman–Crippen MR) is 125 cm³/mol. The molecule has 1 N–H and O–H groups in total. The molecular weight excluding hydrogens is 454 g/mol. The fraction of sp³-hybridized carbons (Fsp3) is 0.500. The maximum absolute atomic E-state index is 14.2. The van der Waals surface area contributed by atoms with Crippen molar-refractivity contribution in [2.24, 2.45) is 17.8 Å². The minimum atomic E-state index is -0.524. The van der Waals surface area contributed by atoms with Gasteiger partial charge in [0.05, 0.1) is 29.1 Å². The SMILES string of the molecule is C[C@@H]1[C@H]2C[C@@H]3N(CC[C@@]34C(=O)N(c3ccc(Cl)nc3)c3ccccc34)C[C@@H]2CC[C@@H]1O.O=C=O. The summed E-state index contributed by atoms with van der Waals surface area (Å²) < 4.78 is 0. The number of halogens is 1. The number of pyridine rings is 1. The molecule has 4 aliphatic rings. The summed E-state index contributed by atoms with van der Waals surface area (Å²) in [4.78, 5) is 39.1. The number of hydrogen-bond donors (Lipinski definition) is 1. The van der Waals surface area contributed by atoms with Crippen LogP contribution in [0.4, 0.5) is 11.4 Å².